The number of nitrogens with zero attached hydrogens (tertiary/aromatic N) is 2. The summed E-state index contributed by atoms with van der Waals surface area (Å²) in [4.78, 5) is 6.67. The molecule has 0 amide bonds. The molecule has 0 unspecified atom stereocenters. The first-order valence-corrected chi connectivity index (χ1v) is 7.29. The molecule has 102 valence electrons. The zero-order chi connectivity index (χ0) is 14.0. The third-order valence-corrected chi connectivity index (χ3v) is 4.51. The van der Waals surface area contributed by atoms with E-state index in [-0.39, 0.29) is 5.03 Å². The maximum atomic E-state index is 12.5. The Hall–Kier alpha value is -2.02. The summed E-state index contributed by atoms with van der Waals surface area (Å²) in [5, 5.41) is 0.0780. The number of nitrogens with two attached hydrogens (primary N) is 1. The van der Waals surface area contributed by atoms with Gasteiger partial charge in [0, 0.05) is 12.2 Å². The second kappa shape index (κ2) is 4.93. The number of hydrogen-bond acceptors (Lipinski definition) is 4. The van der Waals surface area contributed by atoms with Crippen LogP contribution in [-0.4, -0.2) is 24.9 Å². The van der Waals surface area contributed by atoms with Crippen molar-refractivity contribution in [1.29, 1.82) is 0 Å². The topological polar surface area (TPSA) is 92.1 Å². The smallest absolute Gasteiger partial charge is 0.281 e. The molecule has 2 rings (SSSR count). The van der Waals surface area contributed by atoms with Crippen LogP contribution in [0.3, 0.4) is 0 Å². The van der Waals surface area contributed by atoms with Gasteiger partial charge in [0.25, 0.3) is 10.0 Å². The molecule has 0 aliphatic heterocycles. The van der Waals surface area contributed by atoms with Crippen LogP contribution in [0.4, 0.5) is 11.4 Å². The highest BCUT2D eigenvalue weighted by atomic mass is 32.2. The molecule has 0 bridgehead atoms. The van der Waals surface area contributed by atoms with Crippen LogP contribution in [0, 0.1) is 6.92 Å². The van der Waals surface area contributed by atoms with E-state index in [1.165, 1.54) is 10.5 Å². The normalized spacial score (nSPS) is 11.5. The number of aryl methyl sites for hydroxylation is 1. The average Bonchev–Trinajstić information content (AvgIpc) is 2.77. The van der Waals surface area contributed by atoms with Crippen molar-refractivity contribution in [2.24, 2.45) is 0 Å². The van der Waals surface area contributed by atoms with Gasteiger partial charge in [-0.25, -0.2) is 4.98 Å². The van der Waals surface area contributed by atoms with Crippen molar-refractivity contribution in [3.8, 4) is 0 Å². The number of rotatable bonds is 4. The average molecular weight is 280 g/mol. The third-order valence-electron chi connectivity index (χ3n) is 2.69. The SMILES string of the molecule is CCN(c1cccc(N)c1)S(=O)(=O)c1cnc(C)[nH]1. The van der Waals surface area contributed by atoms with Crippen molar-refractivity contribution >= 4 is 21.4 Å². The lowest BCUT2D eigenvalue weighted by Gasteiger charge is -2.22. The van der Waals surface area contributed by atoms with Crippen LogP contribution >= 0.6 is 0 Å². The van der Waals surface area contributed by atoms with Crippen LogP contribution in [0.15, 0.2) is 35.5 Å². The largest absolute Gasteiger partial charge is 0.399 e. The van der Waals surface area contributed by atoms with Crippen LogP contribution < -0.4 is 10.0 Å². The number of nitrogen functional groups attached to an aromatic ring is 1. The first kappa shape index (κ1) is 13.4. The lowest BCUT2D eigenvalue weighted by atomic mass is 10.3. The first-order chi connectivity index (χ1) is 8.95. The Kier molecular flexibility index (Phi) is 3.48. The van der Waals surface area contributed by atoms with Crippen molar-refractivity contribution in [2.45, 2.75) is 18.9 Å². The molecule has 0 aliphatic carbocycles. The fraction of sp³-hybridized carbons (Fsp3) is 0.250. The van der Waals surface area contributed by atoms with E-state index >= 15 is 0 Å². The van der Waals surface area contributed by atoms with E-state index in [4.69, 9.17) is 5.73 Å². The molecule has 1 aromatic carbocycles. The molecule has 0 aliphatic rings. The molecular formula is C12H16N4O2S. The Bertz CT molecular complexity index is 679. The van der Waals surface area contributed by atoms with E-state index in [0.717, 1.165) is 0 Å². The van der Waals surface area contributed by atoms with Gasteiger partial charge in [0.2, 0.25) is 0 Å². The minimum atomic E-state index is -3.64. The molecule has 7 heteroatoms. The van der Waals surface area contributed by atoms with E-state index in [2.05, 4.69) is 9.97 Å². The summed E-state index contributed by atoms with van der Waals surface area (Å²) in [6, 6.07) is 6.77. The monoisotopic (exact) mass is 280 g/mol. The Morgan fingerprint density at radius 3 is 2.68 bits per heavy atom. The van der Waals surface area contributed by atoms with E-state index in [9.17, 15) is 8.42 Å². The Morgan fingerprint density at radius 1 is 1.42 bits per heavy atom. The quantitative estimate of drug-likeness (QED) is 0.830. The van der Waals surface area contributed by atoms with Crippen molar-refractivity contribution in [3.63, 3.8) is 0 Å². The summed E-state index contributed by atoms with van der Waals surface area (Å²) in [7, 11) is -3.64. The molecule has 0 fully saturated rings. The standard InChI is InChI=1S/C12H16N4O2S/c1-3-16(11-6-4-5-10(13)7-11)19(17,18)12-8-14-9(2)15-12/h4-8H,3,13H2,1-2H3,(H,14,15). The summed E-state index contributed by atoms with van der Waals surface area (Å²) in [5.41, 5.74) is 6.75. The second-order valence-electron chi connectivity index (χ2n) is 4.10. The van der Waals surface area contributed by atoms with Gasteiger partial charge in [0.15, 0.2) is 5.03 Å². The maximum absolute atomic E-state index is 12.5. The number of nitrogens with one attached hydrogen (secondary N) is 1. The molecule has 6 nitrogen and oxygen atoms in total. The zero-order valence-electron chi connectivity index (χ0n) is 10.8. The fourth-order valence-corrected chi connectivity index (χ4v) is 3.25. The highest BCUT2D eigenvalue weighted by Gasteiger charge is 2.25. The number of aromatic nitrogens is 2. The lowest BCUT2D eigenvalue weighted by molar-refractivity contribution is 0.588. The molecule has 2 aromatic rings. The Morgan fingerprint density at radius 2 is 2.16 bits per heavy atom. The maximum Gasteiger partial charge on any atom is 0.281 e. The van der Waals surface area contributed by atoms with Gasteiger partial charge in [-0.15, -0.1) is 0 Å². The summed E-state index contributed by atoms with van der Waals surface area (Å²) in [6.07, 6.45) is 1.32. The van der Waals surface area contributed by atoms with Crippen LogP contribution in [0.25, 0.3) is 0 Å². The molecule has 3 N–H and O–H groups in total. The second-order valence-corrected chi connectivity index (χ2v) is 5.93. The van der Waals surface area contributed by atoms with Crippen LogP contribution in [0.2, 0.25) is 0 Å². The van der Waals surface area contributed by atoms with Crippen molar-refractivity contribution < 1.29 is 8.42 Å². The number of imidazole rings is 1. The molecule has 0 atom stereocenters. The third kappa shape index (κ3) is 2.55. The summed E-state index contributed by atoms with van der Waals surface area (Å²) in [5.74, 6) is 0.558. The molecular weight excluding hydrogens is 264 g/mol. The van der Waals surface area contributed by atoms with Gasteiger partial charge < -0.3 is 10.7 Å². The van der Waals surface area contributed by atoms with Gasteiger partial charge in [-0.3, -0.25) is 4.31 Å². The van der Waals surface area contributed by atoms with E-state index in [1.807, 2.05) is 0 Å². The van der Waals surface area contributed by atoms with Gasteiger partial charge in [-0.05, 0) is 32.0 Å². The minimum Gasteiger partial charge on any atom is -0.399 e. The van der Waals surface area contributed by atoms with Crippen molar-refractivity contribution in [3.05, 3.63) is 36.3 Å². The van der Waals surface area contributed by atoms with E-state index < -0.39 is 10.0 Å². The van der Waals surface area contributed by atoms with Gasteiger partial charge in [0.05, 0.1) is 11.9 Å². The number of aromatic amines is 1. The molecule has 0 spiro atoms. The Balaban J connectivity index is 2.47. The number of hydrogen-bond donors (Lipinski definition) is 2. The highest BCUT2D eigenvalue weighted by Crippen LogP contribution is 2.24. The van der Waals surface area contributed by atoms with Crippen LogP contribution in [0.5, 0.6) is 0 Å². The number of benzene rings is 1. The van der Waals surface area contributed by atoms with Crippen molar-refractivity contribution in [1.82, 2.24) is 9.97 Å². The predicted octanol–water partition coefficient (Wildman–Crippen LogP) is 1.52. The molecule has 0 saturated carbocycles. The number of H-pyrrole nitrogens is 1. The summed E-state index contributed by atoms with van der Waals surface area (Å²) < 4.78 is 26.3. The zero-order valence-corrected chi connectivity index (χ0v) is 11.6. The van der Waals surface area contributed by atoms with E-state index in [0.29, 0.717) is 23.7 Å². The lowest BCUT2D eigenvalue weighted by Crippen LogP contribution is -2.31. The molecule has 0 saturated heterocycles. The van der Waals surface area contributed by atoms with Gasteiger partial charge in [-0.2, -0.15) is 8.42 Å². The molecule has 1 heterocycles. The Labute approximate surface area is 112 Å². The molecule has 19 heavy (non-hydrogen) atoms. The van der Waals surface area contributed by atoms with Gasteiger partial charge in [-0.1, -0.05) is 6.07 Å². The summed E-state index contributed by atoms with van der Waals surface area (Å²) in [6.45, 7) is 3.78. The van der Waals surface area contributed by atoms with Gasteiger partial charge >= 0.3 is 0 Å². The number of sulfonamides is 1. The highest BCUT2D eigenvalue weighted by molar-refractivity contribution is 7.92. The number of anilines is 2. The predicted molar refractivity (Wildman–Crippen MR) is 74.4 cm³/mol. The van der Waals surface area contributed by atoms with E-state index in [1.54, 1.807) is 38.1 Å². The molecule has 0 radical (unpaired) electrons. The fourth-order valence-electron chi connectivity index (χ4n) is 1.82. The van der Waals surface area contributed by atoms with Crippen molar-refractivity contribution in [2.75, 3.05) is 16.6 Å². The minimum absolute atomic E-state index is 0.0780. The summed E-state index contributed by atoms with van der Waals surface area (Å²) >= 11 is 0. The van der Waals surface area contributed by atoms with Crippen LogP contribution in [-0.2, 0) is 10.0 Å². The first-order valence-electron chi connectivity index (χ1n) is 5.85. The molecule has 1 aromatic heterocycles. The van der Waals surface area contributed by atoms with Gasteiger partial charge in [0.1, 0.15) is 5.82 Å². The van der Waals surface area contributed by atoms with Crippen LogP contribution in [0.1, 0.15) is 12.7 Å².